The van der Waals surface area contributed by atoms with Gasteiger partial charge in [-0.25, -0.2) is 0 Å². The molecule has 2 nitrogen and oxygen atoms in total. The minimum absolute atomic E-state index is 0.821. The molecule has 0 aromatic rings. The third-order valence-corrected chi connectivity index (χ3v) is 2.66. The van der Waals surface area contributed by atoms with Crippen LogP contribution >= 0.6 is 0 Å². The monoisotopic (exact) mass is 182 g/mol. The molecule has 1 aliphatic rings. The van der Waals surface area contributed by atoms with Crippen molar-refractivity contribution in [2.24, 2.45) is 0 Å². The SMILES string of the molecule is OB(O)C1=CCCCCCCCC1. The van der Waals surface area contributed by atoms with Gasteiger partial charge in [-0.1, -0.05) is 38.2 Å². The van der Waals surface area contributed by atoms with E-state index in [1.165, 1.54) is 32.1 Å². The molecule has 13 heavy (non-hydrogen) atoms. The van der Waals surface area contributed by atoms with Gasteiger partial charge in [-0.3, -0.25) is 0 Å². The zero-order valence-corrected chi connectivity index (χ0v) is 8.21. The highest BCUT2D eigenvalue weighted by Gasteiger charge is 2.13. The Kier molecular flexibility index (Phi) is 5.17. The first-order valence-electron chi connectivity index (χ1n) is 5.36. The molecule has 0 heterocycles. The van der Waals surface area contributed by atoms with Crippen LogP contribution in [0.5, 0.6) is 0 Å². The summed E-state index contributed by atoms with van der Waals surface area (Å²) in [6.07, 6.45) is 11.3. The van der Waals surface area contributed by atoms with Crippen molar-refractivity contribution >= 4 is 7.12 Å². The Hall–Kier alpha value is -0.275. The van der Waals surface area contributed by atoms with Crippen molar-refractivity contribution in [1.29, 1.82) is 0 Å². The second-order valence-electron chi connectivity index (χ2n) is 3.81. The first kappa shape index (κ1) is 10.8. The molecule has 0 radical (unpaired) electrons. The average molecular weight is 182 g/mol. The van der Waals surface area contributed by atoms with E-state index in [0.717, 1.165) is 24.7 Å². The maximum absolute atomic E-state index is 9.04. The minimum atomic E-state index is -1.22. The summed E-state index contributed by atoms with van der Waals surface area (Å²) in [6.45, 7) is 0. The lowest BCUT2D eigenvalue weighted by Crippen LogP contribution is -2.15. The molecule has 0 atom stereocenters. The lowest BCUT2D eigenvalue weighted by atomic mass is 9.75. The quantitative estimate of drug-likeness (QED) is 0.609. The molecule has 0 saturated heterocycles. The van der Waals surface area contributed by atoms with Crippen LogP contribution in [0.4, 0.5) is 0 Å². The predicted octanol–water partition coefficient (Wildman–Crippen LogP) is 2.06. The van der Waals surface area contributed by atoms with Gasteiger partial charge < -0.3 is 10.0 Å². The molecule has 0 saturated carbocycles. The van der Waals surface area contributed by atoms with Crippen molar-refractivity contribution in [2.45, 2.75) is 51.4 Å². The molecular formula is C10H19BO2. The van der Waals surface area contributed by atoms with Crippen LogP contribution in [0.25, 0.3) is 0 Å². The maximum Gasteiger partial charge on any atom is 0.483 e. The van der Waals surface area contributed by atoms with Crippen LogP contribution in [0.1, 0.15) is 51.4 Å². The lowest BCUT2D eigenvalue weighted by molar-refractivity contribution is 0.414. The summed E-state index contributed by atoms with van der Waals surface area (Å²) in [4.78, 5) is 0. The largest absolute Gasteiger partial charge is 0.483 e. The average Bonchev–Trinajstić information content (AvgIpc) is 2.14. The molecule has 74 valence electrons. The van der Waals surface area contributed by atoms with Gasteiger partial charge in [0.25, 0.3) is 0 Å². The maximum atomic E-state index is 9.04. The Morgan fingerprint density at radius 1 is 0.923 bits per heavy atom. The number of hydrogen-bond donors (Lipinski definition) is 2. The summed E-state index contributed by atoms with van der Waals surface area (Å²) in [7, 11) is -1.22. The van der Waals surface area contributed by atoms with Crippen LogP contribution in [-0.2, 0) is 0 Å². The van der Waals surface area contributed by atoms with E-state index in [4.69, 9.17) is 10.0 Å². The van der Waals surface area contributed by atoms with Gasteiger partial charge in [0.1, 0.15) is 0 Å². The molecule has 1 aliphatic carbocycles. The van der Waals surface area contributed by atoms with Crippen LogP contribution in [0.2, 0.25) is 0 Å². The number of hydrogen-bond acceptors (Lipinski definition) is 2. The molecule has 0 aromatic heterocycles. The predicted molar refractivity (Wildman–Crippen MR) is 55.2 cm³/mol. The van der Waals surface area contributed by atoms with Crippen molar-refractivity contribution in [1.82, 2.24) is 0 Å². The Morgan fingerprint density at radius 2 is 1.54 bits per heavy atom. The highest BCUT2D eigenvalue weighted by Crippen LogP contribution is 2.17. The van der Waals surface area contributed by atoms with Crippen molar-refractivity contribution in [3.8, 4) is 0 Å². The second kappa shape index (κ2) is 6.22. The zero-order chi connectivity index (χ0) is 9.52. The van der Waals surface area contributed by atoms with Crippen LogP contribution in [0, 0.1) is 0 Å². The standard InChI is InChI=1S/C10H19BO2/c12-11(13)10-8-6-4-2-1-3-5-7-9-10/h8,12-13H,1-7,9H2. The van der Waals surface area contributed by atoms with E-state index in [1.807, 2.05) is 6.08 Å². The molecule has 0 amide bonds. The van der Waals surface area contributed by atoms with E-state index in [9.17, 15) is 0 Å². The van der Waals surface area contributed by atoms with Crippen molar-refractivity contribution in [2.75, 3.05) is 0 Å². The van der Waals surface area contributed by atoms with E-state index in [0.29, 0.717) is 0 Å². The number of rotatable bonds is 1. The van der Waals surface area contributed by atoms with Gasteiger partial charge in [-0.2, -0.15) is 0 Å². The number of allylic oxidation sites excluding steroid dienone is 2. The first-order chi connectivity index (χ1) is 6.30. The van der Waals surface area contributed by atoms with Crippen molar-refractivity contribution < 1.29 is 10.0 Å². The minimum Gasteiger partial charge on any atom is -0.423 e. The van der Waals surface area contributed by atoms with Gasteiger partial charge in [-0.15, -0.1) is 0 Å². The van der Waals surface area contributed by atoms with Crippen LogP contribution in [0.15, 0.2) is 11.5 Å². The Balaban J connectivity index is 2.42. The summed E-state index contributed by atoms with van der Waals surface area (Å²) in [5.41, 5.74) is 0.821. The fourth-order valence-corrected chi connectivity index (χ4v) is 1.80. The molecule has 0 unspecified atom stereocenters. The van der Waals surface area contributed by atoms with Gasteiger partial charge in [0.2, 0.25) is 0 Å². The van der Waals surface area contributed by atoms with E-state index in [-0.39, 0.29) is 0 Å². The van der Waals surface area contributed by atoms with Crippen molar-refractivity contribution in [3.63, 3.8) is 0 Å². The second-order valence-corrected chi connectivity index (χ2v) is 3.81. The van der Waals surface area contributed by atoms with E-state index in [1.54, 1.807) is 0 Å². The molecule has 2 N–H and O–H groups in total. The highest BCUT2D eigenvalue weighted by molar-refractivity contribution is 6.50. The van der Waals surface area contributed by atoms with Crippen LogP contribution < -0.4 is 0 Å². The summed E-state index contributed by atoms with van der Waals surface area (Å²) in [6, 6.07) is 0. The molecule has 3 heteroatoms. The molecule has 1 rings (SSSR count). The Bertz CT molecular complexity index is 166. The zero-order valence-electron chi connectivity index (χ0n) is 8.21. The van der Waals surface area contributed by atoms with Crippen molar-refractivity contribution in [3.05, 3.63) is 11.5 Å². The van der Waals surface area contributed by atoms with Crippen LogP contribution in [0.3, 0.4) is 0 Å². The first-order valence-corrected chi connectivity index (χ1v) is 5.36. The van der Waals surface area contributed by atoms with Gasteiger partial charge in [0, 0.05) is 0 Å². The summed E-state index contributed by atoms with van der Waals surface area (Å²) in [5.74, 6) is 0. The van der Waals surface area contributed by atoms with E-state index >= 15 is 0 Å². The Morgan fingerprint density at radius 3 is 2.23 bits per heavy atom. The fraction of sp³-hybridized carbons (Fsp3) is 0.800. The molecule has 0 bridgehead atoms. The van der Waals surface area contributed by atoms with Crippen LogP contribution in [-0.4, -0.2) is 17.2 Å². The molecular weight excluding hydrogens is 163 g/mol. The van der Waals surface area contributed by atoms with Gasteiger partial charge in [0.15, 0.2) is 0 Å². The molecule has 0 fully saturated rings. The van der Waals surface area contributed by atoms with Gasteiger partial charge >= 0.3 is 7.12 Å². The van der Waals surface area contributed by atoms with E-state index < -0.39 is 7.12 Å². The smallest absolute Gasteiger partial charge is 0.423 e. The highest BCUT2D eigenvalue weighted by atomic mass is 16.4. The summed E-state index contributed by atoms with van der Waals surface area (Å²) in [5, 5.41) is 18.1. The third-order valence-electron chi connectivity index (χ3n) is 2.66. The lowest BCUT2D eigenvalue weighted by Gasteiger charge is -2.09. The van der Waals surface area contributed by atoms with E-state index in [2.05, 4.69) is 0 Å². The molecule has 0 spiro atoms. The summed E-state index contributed by atoms with van der Waals surface area (Å²) >= 11 is 0. The topological polar surface area (TPSA) is 40.5 Å². The van der Waals surface area contributed by atoms with Gasteiger partial charge in [0.05, 0.1) is 0 Å². The summed E-state index contributed by atoms with van der Waals surface area (Å²) < 4.78 is 0. The molecule has 0 aromatic carbocycles. The van der Waals surface area contributed by atoms with Gasteiger partial charge in [-0.05, 0) is 24.7 Å². The normalized spacial score (nSPS) is 20.6. The fourth-order valence-electron chi connectivity index (χ4n) is 1.80. The molecule has 0 aliphatic heterocycles. The third kappa shape index (κ3) is 4.48. The Labute approximate surface area is 80.8 Å².